The van der Waals surface area contributed by atoms with Gasteiger partial charge in [-0.05, 0) is 28.0 Å². The van der Waals surface area contributed by atoms with Crippen LogP contribution in [0.25, 0.3) is 16.8 Å². The van der Waals surface area contributed by atoms with Crippen molar-refractivity contribution in [3.63, 3.8) is 0 Å². The van der Waals surface area contributed by atoms with Gasteiger partial charge in [0, 0.05) is 0 Å². The van der Waals surface area contributed by atoms with Crippen molar-refractivity contribution in [2.75, 3.05) is 0 Å². The second kappa shape index (κ2) is 3.91. The summed E-state index contributed by atoms with van der Waals surface area (Å²) in [6.07, 6.45) is 2.63. The lowest BCUT2D eigenvalue weighted by molar-refractivity contribution is 0.224. The quantitative estimate of drug-likeness (QED) is 0.845. The van der Waals surface area contributed by atoms with E-state index in [1.54, 1.807) is 18.2 Å². The zero-order valence-corrected chi connectivity index (χ0v) is 10.1. The third-order valence-electron chi connectivity index (χ3n) is 2.95. The molecule has 0 aliphatic heterocycles. The summed E-state index contributed by atoms with van der Waals surface area (Å²) >= 11 is 0. The molecule has 4 nitrogen and oxygen atoms in total. The topological polar surface area (TPSA) is 63.6 Å². The molecule has 5 heteroatoms. The first-order chi connectivity index (χ1) is 8.54. The van der Waals surface area contributed by atoms with Gasteiger partial charge in [-0.3, -0.25) is 4.55 Å². The highest BCUT2D eigenvalue weighted by Gasteiger charge is 2.22. The minimum Gasteiger partial charge on any atom is -0.264 e. The van der Waals surface area contributed by atoms with Crippen LogP contribution in [0.15, 0.2) is 42.5 Å². The summed E-state index contributed by atoms with van der Waals surface area (Å²) in [5.74, 6) is 0. The van der Waals surface area contributed by atoms with Crippen molar-refractivity contribution in [2.24, 2.45) is 0 Å². The van der Waals surface area contributed by atoms with Gasteiger partial charge < -0.3 is 0 Å². The van der Waals surface area contributed by atoms with Crippen LogP contribution in [-0.2, 0) is 14.6 Å². The molecule has 1 N–H and O–H groups in total. The molecule has 18 heavy (non-hydrogen) atoms. The van der Waals surface area contributed by atoms with E-state index in [0.717, 1.165) is 21.9 Å². The van der Waals surface area contributed by atoms with Crippen molar-refractivity contribution < 1.29 is 17.2 Å². The van der Waals surface area contributed by atoms with Crippen LogP contribution in [0.2, 0.25) is 0 Å². The molecule has 0 saturated carbocycles. The highest BCUT2D eigenvalue weighted by Crippen LogP contribution is 2.35. The molecule has 0 heterocycles. The Kier molecular flexibility index (Phi) is 2.48. The van der Waals surface area contributed by atoms with Crippen LogP contribution in [0.3, 0.4) is 0 Å². The van der Waals surface area contributed by atoms with Gasteiger partial charge in [-0.15, -0.1) is 0 Å². The van der Waals surface area contributed by atoms with Gasteiger partial charge in [-0.1, -0.05) is 42.5 Å². The molecule has 92 valence electrons. The van der Waals surface area contributed by atoms with E-state index in [-0.39, 0.29) is 0 Å². The van der Waals surface area contributed by atoms with Gasteiger partial charge in [0.25, 0.3) is 0 Å². The Bertz CT molecular complexity index is 741. The predicted molar refractivity (Wildman–Crippen MR) is 68.4 cm³/mol. The van der Waals surface area contributed by atoms with E-state index >= 15 is 0 Å². The van der Waals surface area contributed by atoms with Crippen LogP contribution in [0.5, 0.6) is 0 Å². The highest BCUT2D eigenvalue weighted by atomic mass is 32.3. The molecule has 0 saturated heterocycles. The fraction of sp³-hybridized carbons (Fsp3) is 0.0769. The second-order valence-corrected chi connectivity index (χ2v) is 5.14. The average molecular weight is 262 g/mol. The maximum atomic E-state index is 10.8. The predicted octanol–water partition coefficient (Wildman–Crippen LogP) is 2.73. The van der Waals surface area contributed by atoms with Crippen LogP contribution in [-0.4, -0.2) is 13.0 Å². The monoisotopic (exact) mass is 262 g/mol. The van der Waals surface area contributed by atoms with Gasteiger partial charge in [-0.2, -0.15) is 8.42 Å². The van der Waals surface area contributed by atoms with E-state index in [9.17, 15) is 8.42 Å². The van der Waals surface area contributed by atoms with Gasteiger partial charge in [-0.25, -0.2) is 4.18 Å². The molecule has 0 radical (unpaired) electrons. The average Bonchev–Trinajstić information content (AvgIpc) is 2.32. The molecular formula is C13H10O4S. The lowest BCUT2D eigenvalue weighted by Crippen LogP contribution is -2.11. The Morgan fingerprint density at radius 3 is 2.56 bits per heavy atom. The Balaban J connectivity index is 2.22. The molecule has 1 aliphatic carbocycles. The van der Waals surface area contributed by atoms with Crippen LogP contribution >= 0.6 is 0 Å². The van der Waals surface area contributed by atoms with Gasteiger partial charge >= 0.3 is 10.4 Å². The first-order valence-electron chi connectivity index (χ1n) is 5.40. The van der Waals surface area contributed by atoms with Crippen LogP contribution in [0, 0.1) is 0 Å². The summed E-state index contributed by atoms with van der Waals surface area (Å²) in [6, 6.07) is 11.4. The van der Waals surface area contributed by atoms with Crippen molar-refractivity contribution in [2.45, 2.75) is 6.10 Å². The normalized spacial score (nSPS) is 18.2. The molecule has 2 aromatic carbocycles. The third kappa shape index (κ3) is 1.92. The molecule has 2 aromatic rings. The summed E-state index contributed by atoms with van der Waals surface area (Å²) in [7, 11) is -4.47. The van der Waals surface area contributed by atoms with E-state index in [0.29, 0.717) is 0 Å². The van der Waals surface area contributed by atoms with Crippen LogP contribution in [0.4, 0.5) is 0 Å². The Morgan fingerprint density at radius 1 is 1.11 bits per heavy atom. The van der Waals surface area contributed by atoms with Crippen molar-refractivity contribution >= 4 is 27.2 Å². The zero-order valence-electron chi connectivity index (χ0n) is 9.28. The van der Waals surface area contributed by atoms with Crippen molar-refractivity contribution in [3.05, 3.63) is 53.6 Å². The smallest absolute Gasteiger partial charge is 0.264 e. The van der Waals surface area contributed by atoms with Gasteiger partial charge in [0.15, 0.2) is 0 Å². The number of hydrogen-bond acceptors (Lipinski definition) is 3. The summed E-state index contributed by atoms with van der Waals surface area (Å²) in [5, 5.41) is 1.97. The van der Waals surface area contributed by atoms with Crippen molar-refractivity contribution in [1.82, 2.24) is 0 Å². The molecule has 3 rings (SSSR count). The number of hydrogen-bond donors (Lipinski definition) is 1. The van der Waals surface area contributed by atoms with Crippen LogP contribution in [0.1, 0.15) is 17.2 Å². The number of benzene rings is 2. The second-order valence-electron chi connectivity index (χ2n) is 4.10. The van der Waals surface area contributed by atoms with Gasteiger partial charge in [0.2, 0.25) is 0 Å². The molecule has 0 bridgehead atoms. The maximum Gasteiger partial charge on any atom is 0.398 e. The maximum absolute atomic E-state index is 10.8. The summed E-state index contributed by atoms with van der Waals surface area (Å²) < 4.78 is 35.1. The molecular weight excluding hydrogens is 252 g/mol. The van der Waals surface area contributed by atoms with E-state index < -0.39 is 16.5 Å². The van der Waals surface area contributed by atoms with Gasteiger partial charge in [0.1, 0.15) is 6.10 Å². The molecule has 1 aliphatic rings. The zero-order chi connectivity index (χ0) is 12.8. The minimum absolute atomic E-state index is 0.739. The number of rotatable bonds is 2. The highest BCUT2D eigenvalue weighted by molar-refractivity contribution is 7.80. The summed E-state index contributed by atoms with van der Waals surface area (Å²) in [5.41, 5.74) is 1.75. The fourth-order valence-electron chi connectivity index (χ4n) is 2.29. The molecule has 0 amide bonds. The first-order valence-corrected chi connectivity index (χ1v) is 6.77. The van der Waals surface area contributed by atoms with E-state index in [1.165, 1.54) is 0 Å². The lowest BCUT2D eigenvalue weighted by atomic mass is 9.92. The third-order valence-corrected chi connectivity index (χ3v) is 3.40. The van der Waals surface area contributed by atoms with E-state index in [4.69, 9.17) is 4.55 Å². The molecule has 1 unspecified atom stereocenters. The Morgan fingerprint density at radius 2 is 1.83 bits per heavy atom. The minimum atomic E-state index is -4.47. The Labute approximate surface area is 104 Å². The first kappa shape index (κ1) is 11.4. The van der Waals surface area contributed by atoms with Gasteiger partial charge in [0.05, 0.1) is 0 Å². The van der Waals surface area contributed by atoms with Crippen molar-refractivity contribution in [1.29, 1.82) is 0 Å². The van der Waals surface area contributed by atoms with E-state index in [2.05, 4.69) is 4.18 Å². The van der Waals surface area contributed by atoms with Crippen molar-refractivity contribution in [3.8, 4) is 0 Å². The molecule has 0 fully saturated rings. The molecule has 1 atom stereocenters. The summed E-state index contributed by atoms with van der Waals surface area (Å²) in [6.45, 7) is 0. The summed E-state index contributed by atoms with van der Waals surface area (Å²) in [4.78, 5) is 0. The SMILES string of the molecule is O=S(=O)(O)OC1C=Cc2cccc3cccc1c23. The van der Waals surface area contributed by atoms with Crippen LogP contribution < -0.4 is 0 Å². The fourth-order valence-corrected chi connectivity index (χ4v) is 2.72. The largest absolute Gasteiger partial charge is 0.398 e. The molecule has 0 spiro atoms. The molecule has 0 aromatic heterocycles. The lowest BCUT2D eigenvalue weighted by Gasteiger charge is -2.19. The van der Waals surface area contributed by atoms with E-state index in [1.807, 2.05) is 30.3 Å². The standard InChI is InChI=1S/C13H10O4S/c14-18(15,16)17-12-8-7-10-4-1-3-9-5-2-6-11(12)13(9)10/h1-8,12H,(H,14,15,16). The Hall–Kier alpha value is -1.69.